The molecule has 2 N–H and O–H groups in total. The molecule has 3 aromatic carbocycles. The van der Waals surface area contributed by atoms with Crippen LogP contribution in [0.25, 0.3) is 0 Å². The van der Waals surface area contributed by atoms with Gasteiger partial charge in [0.2, 0.25) is 0 Å². The standard InChI is InChI=1S/C25H23ClN2O4/c1-31-19-5-3-4-17(12-19)21-14-22(20-11-10-18(26)13-23(20)29)28-24(27-21)15-6-8-16(9-7-15)25(30)32-2/h3-13,22,24,28-29H,14H2,1-2H3/t22-,24+/m0/s1. The van der Waals surface area contributed by atoms with Gasteiger partial charge in [0.1, 0.15) is 17.7 Å². The van der Waals surface area contributed by atoms with Crippen LogP contribution in [0.2, 0.25) is 5.02 Å². The topological polar surface area (TPSA) is 80.2 Å². The molecule has 1 aliphatic rings. The number of nitrogens with zero attached hydrogens (tertiary/aromatic N) is 1. The molecule has 0 amide bonds. The predicted molar refractivity (Wildman–Crippen MR) is 124 cm³/mol. The minimum absolute atomic E-state index is 0.127. The van der Waals surface area contributed by atoms with E-state index in [-0.39, 0.29) is 18.0 Å². The molecule has 4 rings (SSSR count). The number of hydrogen-bond acceptors (Lipinski definition) is 6. The number of esters is 1. The maximum absolute atomic E-state index is 11.8. The van der Waals surface area contributed by atoms with Gasteiger partial charge in [-0.25, -0.2) is 4.79 Å². The molecule has 0 spiro atoms. The van der Waals surface area contributed by atoms with Gasteiger partial charge in [0.15, 0.2) is 0 Å². The van der Waals surface area contributed by atoms with Crippen molar-refractivity contribution < 1.29 is 19.4 Å². The zero-order valence-corrected chi connectivity index (χ0v) is 18.5. The molecule has 0 aromatic heterocycles. The molecule has 0 radical (unpaired) electrons. The first-order valence-corrected chi connectivity index (χ1v) is 10.5. The fraction of sp³-hybridized carbons (Fsp3) is 0.200. The summed E-state index contributed by atoms with van der Waals surface area (Å²) < 4.78 is 10.2. The zero-order chi connectivity index (χ0) is 22.7. The Morgan fingerprint density at radius 1 is 1.09 bits per heavy atom. The number of aliphatic imine (C=N–C) groups is 1. The molecule has 6 nitrogen and oxygen atoms in total. The number of phenols is 1. The summed E-state index contributed by atoms with van der Waals surface area (Å²) in [4.78, 5) is 16.7. The van der Waals surface area contributed by atoms with Crippen LogP contribution in [-0.4, -0.2) is 31.0 Å². The van der Waals surface area contributed by atoms with Gasteiger partial charge in [0.05, 0.1) is 19.8 Å². The van der Waals surface area contributed by atoms with Crippen molar-refractivity contribution in [3.63, 3.8) is 0 Å². The van der Waals surface area contributed by atoms with E-state index < -0.39 is 5.97 Å². The van der Waals surface area contributed by atoms with Crippen molar-refractivity contribution in [3.8, 4) is 11.5 Å². The van der Waals surface area contributed by atoms with Crippen LogP contribution in [0.4, 0.5) is 0 Å². The number of halogens is 1. The molecule has 0 aliphatic carbocycles. The van der Waals surface area contributed by atoms with Crippen molar-refractivity contribution in [1.82, 2.24) is 5.32 Å². The van der Waals surface area contributed by atoms with Crippen molar-refractivity contribution in [2.24, 2.45) is 4.99 Å². The third-order valence-electron chi connectivity index (χ3n) is 5.46. The second-order valence-corrected chi connectivity index (χ2v) is 7.89. The smallest absolute Gasteiger partial charge is 0.337 e. The maximum atomic E-state index is 11.8. The van der Waals surface area contributed by atoms with E-state index in [9.17, 15) is 9.90 Å². The summed E-state index contributed by atoms with van der Waals surface area (Å²) in [5, 5.41) is 14.5. The molecule has 0 fully saturated rings. The summed E-state index contributed by atoms with van der Waals surface area (Å²) in [6, 6.07) is 19.8. The summed E-state index contributed by atoms with van der Waals surface area (Å²) in [5.74, 6) is 0.480. The van der Waals surface area contributed by atoms with Gasteiger partial charge in [-0.15, -0.1) is 0 Å². The van der Waals surface area contributed by atoms with E-state index in [2.05, 4.69) is 5.32 Å². The molecule has 32 heavy (non-hydrogen) atoms. The normalized spacial score (nSPS) is 18.0. The van der Waals surface area contributed by atoms with Crippen LogP contribution >= 0.6 is 11.6 Å². The van der Waals surface area contributed by atoms with Crippen molar-refractivity contribution in [2.75, 3.05) is 14.2 Å². The zero-order valence-electron chi connectivity index (χ0n) is 17.7. The first-order chi connectivity index (χ1) is 15.5. The van der Waals surface area contributed by atoms with Gasteiger partial charge in [0.25, 0.3) is 0 Å². The summed E-state index contributed by atoms with van der Waals surface area (Å²) in [5.41, 5.74) is 3.91. The number of phenolic OH excluding ortho intramolecular Hbond substituents is 1. The van der Waals surface area contributed by atoms with Gasteiger partial charge in [-0.05, 0) is 47.5 Å². The molecule has 0 unspecified atom stereocenters. The Bertz CT molecular complexity index is 1160. The lowest BCUT2D eigenvalue weighted by atomic mass is 9.93. The van der Waals surface area contributed by atoms with Gasteiger partial charge >= 0.3 is 5.97 Å². The average molecular weight is 451 g/mol. The highest BCUT2D eigenvalue weighted by atomic mass is 35.5. The Kier molecular flexibility index (Phi) is 6.44. The lowest BCUT2D eigenvalue weighted by Gasteiger charge is -2.31. The molecule has 2 atom stereocenters. The number of nitrogens with one attached hydrogen (secondary N) is 1. The second kappa shape index (κ2) is 9.42. The molecule has 164 valence electrons. The fourth-order valence-corrected chi connectivity index (χ4v) is 3.95. The average Bonchev–Trinajstić information content (AvgIpc) is 2.83. The van der Waals surface area contributed by atoms with Crippen LogP contribution in [0.3, 0.4) is 0 Å². The number of carbonyl (C=O) groups is 1. The second-order valence-electron chi connectivity index (χ2n) is 7.45. The van der Waals surface area contributed by atoms with E-state index in [1.165, 1.54) is 13.2 Å². The number of carbonyl (C=O) groups excluding carboxylic acids is 1. The molecule has 7 heteroatoms. The van der Waals surface area contributed by atoms with Gasteiger partial charge in [-0.2, -0.15) is 0 Å². The number of methoxy groups -OCH3 is 2. The van der Waals surface area contributed by atoms with Crippen molar-refractivity contribution in [2.45, 2.75) is 18.6 Å². The highest BCUT2D eigenvalue weighted by Gasteiger charge is 2.28. The molecule has 0 bridgehead atoms. The van der Waals surface area contributed by atoms with Crippen LogP contribution < -0.4 is 10.1 Å². The summed E-state index contributed by atoms with van der Waals surface area (Å²) >= 11 is 6.03. The van der Waals surface area contributed by atoms with Gasteiger partial charge in [0, 0.05) is 28.8 Å². The van der Waals surface area contributed by atoms with E-state index in [4.69, 9.17) is 26.1 Å². The SMILES string of the molecule is COC(=O)c1ccc([C@@H]2N=C(c3cccc(OC)c3)C[C@@H](c3ccc(Cl)cc3O)N2)cc1. The minimum Gasteiger partial charge on any atom is -0.508 e. The molecular formula is C25H23ClN2O4. The number of ether oxygens (including phenoxy) is 2. The Balaban J connectivity index is 1.73. The van der Waals surface area contributed by atoms with Crippen molar-refractivity contribution >= 4 is 23.3 Å². The monoisotopic (exact) mass is 450 g/mol. The largest absolute Gasteiger partial charge is 0.508 e. The Hall–Kier alpha value is -3.35. The molecule has 3 aromatic rings. The maximum Gasteiger partial charge on any atom is 0.337 e. The fourth-order valence-electron chi connectivity index (χ4n) is 3.78. The van der Waals surface area contributed by atoms with Gasteiger partial charge in [-0.3, -0.25) is 10.3 Å². The van der Waals surface area contributed by atoms with E-state index in [0.29, 0.717) is 17.0 Å². The first-order valence-electron chi connectivity index (χ1n) is 10.1. The summed E-state index contributed by atoms with van der Waals surface area (Å²) in [7, 11) is 2.98. The van der Waals surface area contributed by atoms with E-state index in [0.717, 1.165) is 28.2 Å². The number of hydrogen-bond donors (Lipinski definition) is 2. The Labute approximate surface area is 191 Å². The van der Waals surface area contributed by atoms with E-state index in [1.54, 1.807) is 25.3 Å². The number of benzene rings is 3. The van der Waals surface area contributed by atoms with Crippen LogP contribution in [0.5, 0.6) is 11.5 Å². The third kappa shape index (κ3) is 4.61. The highest BCUT2D eigenvalue weighted by Crippen LogP contribution is 2.36. The summed E-state index contributed by atoms with van der Waals surface area (Å²) in [6.07, 6.45) is 0.191. The molecule has 1 aliphatic heterocycles. The Morgan fingerprint density at radius 2 is 1.88 bits per heavy atom. The van der Waals surface area contributed by atoms with Crippen LogP contribution in [0.1, 0.15) is 45.7 Å². The first kappa shape index (κ1) is 21.9. The van der Waals surface area contributed by atoms with Gasteiger partial charge in [-0.1, -0.05) is 41.9 Å². The Morgan fingerprint density at radius 3 is 2.56 bits per heavy atom. The van der Waals surface area contributed by atoms with E-state index >= 15 is 0 Å². The molecule has 0 saturated carbocycles. The highest BCUT2D eigenvalue weighted by molar-refractivity contribution is 6.30. The predicted octanol–water partition coefficient (Wildman–Crippen LogP) is 5.06. The van der Waals surface area contributed by atoms with Crippen LogP contribution in [0, 0.1) is 0 Å². The quantitative estimate of drug-likeness (QED) is 0.531. The van der Waals surface area contributed by atoms with E-state index in [1.807, 2.05) is 42.5 Å². The number of rotatable bonds is 5. The van der Waals surface area contributed by atoms with Gasteiger partial charge < -0.3 is 14.6 Å². The number of aromatic hydroxyl groups is 1. The van der Waals surface area contributed by atoms with Crippen LogP contribution in [0.15, 0.2) is 71.7 Å². The lowest BCUT2D eigenvalue weighted by Crippen LogP contribution is -2.33. The minimum atomic E-state index is -0.391. The third-order valence-corrected chi connectivity index (χ3v) is 5.69. The summed E-state index contributed by atoms with van der Waals surface area (Å²) in [6.45, 7) is 0. The molecule has 1 heterocycles. The lowest BCUT2D eigenvalue weighted by molar-refractivity contribution is 0.0600. The van der Waals surface area contributed by atoms with Crippen LogP contribution in [-0.2, 0) is 4.74 Å². The molecular weight excluding hydrogens is 428 g/mol. The van der Waals surface area contributed by atoms with Crippen molar-refractivity contribution in [3.05, 3.63) is 94.0 Å². The van der Waals surface area contributed by atoms with Crippen molar-refractivity contribution in [1.29, 1.82) is 0 Å². The molecule has 0 saturated heterocycles.